The molecule has 6 rings (SSSR count). The fourth-order valence-corrected chi connectivity index (χ4v) is 5.66. The fraction of sp³-hybridized carbons (Fsp3) is 0.318. The quantitative estimate of drug-likeness (QED) is 0.477. The summed E-state index contributed by atoms with van der Waals surface area (Å²) in [6.07, 6.45) is 8.33. The molecule has 1 saturated heterocycles. The van der Waals surface area contributed by atoms with Crippen LogP contribution in [-0.2, 0) is 9.59 Å². The van der Waals surface area contributed by atoms with E-state index < -0.39 is 0 Å². The van der Waals surface area contributed by atoms with Gasteiger partial charge in [-0.15, -0.1) is 0 Å². The largest absolute Gasteiger partial charge is 0.272 e. The van der Waals surface area contributed by atoms with Crippen molar-refractivity contribution >= 4 is 28.8 Å². The Balaban J connectivity index is 1.35. The van der Waals surface area contributed by atoms with Gasteiger partial charge in [-0.3, -0.25) is 9.59 Å². The van der Waals surface area contributed by atoms with Crippen LogP contribution in [-0.4, -0.2) is 23.0 Å². The molecule has 4 atom stereocenters. The van der Waals surface area contributed by atoms with Gasteiger partial charge in [-0.1, -0.05) is 54.6 Å². The van der Waals surface area contributed by atoms with E-state index in [0.29, 0.717) is 0 Å². The predicted octanol–water partition coefficient (Wildman–Crippen LogP) is 3.37. The summed E-state index contributed by atoms with van der Waals surface area (Å²) in [5.41, 5.74) is 1.15. The summed E-state index contributed by atoms with van der Waals surface area (Å²) in [5.74, 6) is -0.119. The van der Waals surface area contributed by atoms with Gasteiger partial charge in [0.2, 0.25) is 0 Å². The molecule has 2 aromatic carbocycles. The third kappa shape index (κ3) is 1.62. The molecule has 3 aliphatic carbocycles. The molecular weight excluding hydrogens is 324 g/mol. The molecule has 4 heteroatoms. The highest BCUT2D eigenvalue weighted by Crippen LogP contribution is 2.73. The monoisotopic (exact) mass is 342 g/mol. The molecule has 128 valence electrons. The van der Waals surface area contributed by atoms with Crippen molar-refractivity contribution < 1.29 is 9.59 Å². The molecule has 2 saturated carbocycles. The van der Waals surface area contributed by atoms with Gasteiger partial charge >= 0.3 is 0 Å². The summed E-state index contributed by atoms with van der Waals surface area (Å²) in [7, 11) is 0. The molecule has 0 radical (unpaired) electrons. The first-order valence-electron chi connectivity index (χ1n) is 9.29. The van der Waals surface area contributed by atoms with E-state index in [1.807, 2.05) is 42.5 Å². The van der Waals surface area contributed by atoms with Crippen molar-refractivity contribution in [2.75, 3.05) is 0 Å². The Bertz CT molecular complexity index is 994. The zero-order valence-electron chi connectivity index (χ0n) is 14.2. The number of fused-ring (bicyclic) bond motifs is 4. The Morgan fingerprint density at radius 2 is 1.58 bits per heavy atom. The second-order valence-electron chi connectivity index (χ2n) is 8.02. The normalized spacial score (nSPS) is 33.2. The Morgan fingerprint density at radius 3 is 2.27 bits per heavy atom. The highest BCUT2D eigenvalue weighted by molar-refractivity contribution is 6.08. The first kappa shape index (κ1) is 14.4. The number of hydrogen-bond acceptors (Lipinski definition) is 3. The standard InChI is InChI=1S/C22H18N2O2/c25-20-18-16-8-9-17(22(16)10-11-22)19(18)21(26)24(20)23-12-14-6-3-5-13-4-1-2-7-15(13)14/h1-9,12,16-19H,10-11H2. The Morgan fingerprint density at radius 1 is 0.923 bits per heavy atom. The molecule has 1 spiro atoms. The van der Waals surface area contributed by atoms with E-state index in [4.69, 9.17) is 0 Å². The van der Waals surface area contributed by atoms with Crippen LogP contribution in [0.15, 0.2) is 59.7 Å². The van der Waals surface area contributed by atoms with Crippen molar-refractivity contribution in [3.05, 3.63) is 60.2 Å². The van der Waals surface area contributed by atoms with Crippen LogP contribution in [0, 0.1) is 29.1 Å². The molecule has 4 unspecified atom stereocenters. The average molecular weight is 342 g/mol. The zero-order chi connectivity index (χ0) is 17.5. The van der Waals surface area contributed by atoms with Crippen LogP contribution in [0.1, 0.15) is 18.4 Å². The number of rotatable bonds is 2. The van der Waals surface area contributed by atoms with E-state index in [9.17, 15) is 9.59 Å². The van der Waals surface area contributed by atoms with Crippen LogP contribution in [0.5, 0.6) is 0 Å². The highest BCUT2D eigenvalue weighted by atomic mass is 16.2. The number of nitrogens with zero attached hydrogens (tertiary/aromatic N) is 2. The van der Waals surface area contributed by atoms with E-state index in [1.165, 1.54) is 0 Å². The molecule has 2 bridgehead atoms. The maximum atomic E-state index is 12.9. The van der Waals surface area contributed by atoms with Crippen molar-refractivity contribution in [3.63, 3.8) is 0 Å². The number of benzene rings is 2. The number of imide groups is 1. The minimum Gasteiger partial charge on any atom is -0.272 e. The van der Waals surface area contributed by atoms with Crippen molar-refractivity contribution in [3.8, 4) is 0 Å². The molecular formula is C22H18N2O2. The smallest absolute Gasteiger partial charge is 0.254 e. The average Bonchev–Trinajstić information content (AvgIpc) is 3.27. The van der Waals surface area contributed by atoms with Crippen molar-refractivity contribution in [2.45, 2.75) is 12.8 Å². The summed E-state index contributed by atoms with van der Waals surface area (Å²) in [6.45, 7) is 0. The number of carbonyl (C=O) groups excluding carboxylic acids is 2. The lowest BCUT2D eigenvalue weighted by atomic mass is 9.85. The van der Waals surface area contributed by atoms with Gasteiger partial charge in [0.25, 0.3) is 11.8 Å². The van der Waals surface area contributed by atoms with Gasteiger partial charge in [0.05, 0.1) is 18.1 Å². The lowest BCUT2D eigenvalue weighted by Crippen LogP contribution is -2.30. The third-order valence-corrected chi connectivity index (χ3v) is 6.96. The SMILES string of the molecule is O=C1C2C(C(=O)N1N=Cc1cccc3ccccc13)C1C=CC2C12CC2. The summed E-state index contributed by atoms with van der Waals surface area (Å²) < 4.78 is 0. The number of amides is 2. The maximum Gasteiger partial charge on any atom is 0.254 e. The van der Waals surface area contributed by atoms with Gasteiger partial charge in [-0.05, 0) is 40.9 Å². The van der Waals surface area contributed by atoms with Gasteiger partial charge in [0.1, 0.15) is 0 Å². The second-order valence-corrected chi connectivity index (χ2v) is 8.02. The summed E-state index contributed by atoms with van der Waals surface area (Å²) in [5, 5.41) is 7.66. The molecule has 2 amide bonds. The first-order chi connectivity index (χ1) is 12.7. The molecule has 2 aromatic rings. The number of carbonyl (C=O) groups is 2. The molecule has 26 heavy (non-hydrogen) atoms. The number of allylic oxidation sites excluding steroid dienone is 2. The van der Waals surface area contributed by atoms with Crippen LogP contribution in [0.3, 0.4) is 0 Å². The van der Waals surface area contributed by atoms with Crippen LogP contribution in [0.4, 0.5) is 0 Å². The van der Waals surface area contributed by atoms with Gasteiger partial charge in [0, 0.05) is 5.56 Å². The van der Waals surface area contributed by atoms with Crippen molar-refractivity contribution in [1.82, 2.24) is 5.01 Å². The van der Waals surface area contributed by atoms with Crippen LogP contribution in [0.2, 0.25) is 0 Å². The summed E-state index contributed by atoms with van der Waals surface area (Å²) >= 11 is 0. The fourth-order valence-electron chi connectivity index (χ4n) is 5.66. The minimum atomic E-state index is -0.190. The Kier molecular flexibility index (Phi) is 2.61. The zero-order valence-corrected chi connectivity index (χ0v) is 14.2. The lowest BCUT2D eigenvalue weighted by Gasteiger charge is -2.18. The number of hydrogen-bond donors (Lipinski definition) is 0. The molecule has 1 aliphatic heterocycles. The molecule has 0 N–H and O–H groups in total. The lowest BCUT2D eigenvalue weighted by molar-refractivity contribution is -0.141. The third-order valence-electron chi connectivity index (χ3n) is 6.96. The summed E-state index contributed by atoms with van der Waals surface area (Å²) in [4.78, 5) is 25.9. The molecule has 4 nitrogen and oxygen atoms in total. The Labute approximate surface area is 151 Å². The van der Waals surface area contributed by atoms with E-state index in [2.05, 4.69) is 17.3 Å². The van der Waals surface area contributed by atoms with E-state index in [-0.39, 0.29) is 40.9 Å². The van der Waals surface area contributed by atoms with E-state index in [1.54, 1.807) is 6.21 Å². The number of hydrazone groups is 1. The van der Waals surface area contributed by atoms with Gasteiger partial charge in [-0.2, -0.15) is 10.1 Å². The Hall–Kier alpha value is -2.75. The molecule has 4 aliphatic rings. The highest BCUT2D eigenvalue weighted by Gasteiger charge is 2.73. The van der Waals surface area contributed by atoms with Crippen LogP contribution >= 0.6 is 0 Å². The van der Waals surface area contributed by atoms with Gasteiger partial charge < -0.3 is 0 Å². The predicted molar refractivity (Wildman–Crippen MR) is 98.2 cm³/mol. The van der Waals surface area contributed by atoms with Gasteiger partial charge in [0.15, 0.2) is 0 Å². The second kappa shape index (κ2) is 4.70. The van der Waals surface area contributed by atoms with Crippen LogP contribution in [0.25, 0.3) is 10.8 Å². The maximum absolute atomic E-state index is 12.9. The summed E-state index contributed by atoms with van der Waals surface area (Å²) in [6, 6.07) is 14.0. The van der Waals surface area contributed by atoms with E-state index in [0.717, 1.165) is 34.2 Å². The minimum absolute atomic E-state index is 0.111. The van der Waals surface area contributed by atoms with Crippen molar-refractivity contribution in [2.24, 2.45) is 34.2 Å². The molecule has 1 heterocycles. The van der Waals surface area contributed by atoms with Gasteiger partial charge in [-0.25, -0.2) is 0 Å². The topological polar surface area (TPSA) is 49.7 Å². The van der Waals surface area contributed by atoms with Crippen LogP contribution < -0.4 is 0 Å². The molecule has 0 aromatic heterocycles. The first-order valence-corrected chi connectivity index (χ1v) is 9.29. The van der Waals surface area contributed by atoms with Crippen molar-refractivity contribution in [1.29, 1.82) is 0 Å². The van der Waals surface area contributed by atoms with E-state index >= 15 is 0 Å². The molecule has 3 fully saturated rings.